The molecule has 0 bridgehead atoms. The van der Waals surface area contributed by atoms with E-state index in [0.717, 1.165) is 5.69 Å². The Labute approximate surface area is 89.5 Å². The molecule has 1 aromatic rings. The number of Topliss-reactive ketones (excluding diaryl/α,β-unsaturated/α-hetero) is 1. The monoisotopic (exact) mass is 208 g/mol. The van der Waals surface area contributed by atoms with Crippen molar-refractivity contribution in [2.24, 2.45) is 5.73 Å². The third-order valence-electron chi connectivity index (χ3n) is 2.17. The van der Waals surface area contributed by atoms with Gasteiger partial charge >= 0.3 is 0 Å². The highest BCUT2D eigenvalue weighted by molar-refractivity contribution is 6.02. The van der Waals surface area contributed by atoms with Crippen molar-refractivity contribution in [3.8, 4) is 5.75 Å². The van der Waals surface area contributed by atoms with Crippen molar-refractivity contribution >= 4 is 5.78 Å². The van der Waals surface area contributed by atoms with Gasteiger partial charge < -0.3 is 10.5 Å². The van der Waals surface area contributed by atoms with Crippen molar-refractivity contribution in [2.45, 2.75) is 26.8 Å². The number of hydrogen-bond donors (Lipinski definition) is 1. The molecule has 0 saturated heterocycles. The van der Waals surface area contributed by atoms with Gasteiger partial charge in [0.25, 0.3) is 0 Å². The maximum Gasteiger partial charge on any atom is 0.184 e. The van der Waals surface area contributed by atoms with Crippen LogP contribution in [-0.2, 0) is 0 Å². The number of hydrogen-bond acceptors (Lipinski definition) is 4. The highest BCUT2D eigenvalue weighted by atomic mass is 16.5. The summed E-state index contributed by atoms with van der Waals surface area (Å²) >= 11 is 0. The van der Waals surface area contributed by atoms with Gasteiger partial charge in [0.05, 0.1) is 24.4 Å². The second kappa shape index (κ2) is 4.40. The molecule has 2 N–H and O–H groups in total. The minimum atomic E-state index is -0.540. The molecular formula is C11H16N2O2. The molecule has 0 radical (unpaired) electrons. The first-order chi connectivity index (χ1) is 6.97. The van der Waals surface area contributed by atoms with E-state index in [4.69, 9.17) is 10.5 Å². The third-order valence-corrected chi connectivity index (χ3v) is 2.17. The minimum Gasteiger partial charge on any atom is -0.496 e. The smallest absolute Gasteiger partial charge is 0.184 e. The number of rotatable bonds is 3. The first-order valence-electron chi connectivity index (χ1n) is 4.79. The summed E-state index contributed by atoms with van der Waals surface area (Å²) in [6.45, 7) is 5.29. The molecule has 4 nitrogen and oxygen atoms in total. The number of aromatic nitrogens is 1. The van der Waals surface area contributed by atoms with Crippen LogP contribution in [0.3, 0.4) is 0 Å². The van der Waals surface area contributed by atoms with Crippen LogP contribution in [0.5, 0.6) is 5.75 Å². The Morgan fingerprint density at radius 3 is 2.60 bits per heavy atom. The van der Waals surface area contributed by atoms with E-state index in [1.54, 1.807) is 19.9 Å². The van der Waals surface area contributed by atoms with Crippen molar-refractivity contribution in [3.05, 3.63) is 23.0 Å². The average Bonchev–Trinajstić information content (AvgIpc) is 2.15. The van der Waals surface area contributed by atoms with Gasteiger partial charge in [0.1, 0.15) is 5.75 Å². The molecule has 0 saturated carbocycles. The molecule has 0 aliphatic heterocycles. The highest BCUT2D eigenvalue weighted by Crippen LogP contribution is 2.22. The molecule has 0 spiro atoms. The summed E-state index contributed by atoms with van der Waals surface area (Å²) in [5.41, 5.74) is 7.54. The maximum absolute atomic E-state index is 11.8. The number of nitrogens with zero attached hydrogens (tertiary/aromatic N) is 1. The molecule has 0 aromatic carbocycles. The molecule has 0 amide bonds. The van der Waals surface area contributed by atoms with Crippen LogP contribution < -0.4 is 10.5 Å². The van der Waals surface area contributed by atoms with Crippen LogP contribution in [-0.4, -0.2) is 23.9 Å². The lowest BCUT2D eigenvalue weighted by molar-refractivity contribution is 0.0964. The van der Waals surface area contributed by atoms with Gasteiger partial charge in [-0.3, -0.25) is 9.78 Å². The lowest BCUT2D eigenvalue weighted by Gasteiger charge is -2.12. The van der Waals surface area contributed by atoms with E-state index in [-0.39, 0.29) is 5.78 Å². The summed E-state index contributed by atoms with van der Waals surface area (Å²) in [5.74, 6) is 0.402. The van der Waals surface area contributed by atoms with Gasteiger partial charge in [0, 0.05) is 11.8 Å². The zero-order valence-electron chi connectivity index (χ0n) is 9.50. The number of ketones is 1. The molecule has 0 aliphatic carbocycles. The van der Waals surface area contributed by atoms with E-state index in [1.807, 2.05) is 6.92 Å². The van der Waals surface area contributed by atoms with E-state index in [2.05, 4.69) is 4.98 Å². The molecular weight excluding hydrogens is 192 g/mol. The second-order valence-electron chi connectivity index (χ2n) is 3.58. The topological polar surface area (TPSA) is 65.2 Å². The Balaban J connectivity index is 3.33. The Kier molecular flexibility index (Phi) is 3.42. The number of aryl methyl sites for hydroxylation is 2. The average molecular weight is 208 g/mol. The molecule has 1 heterocycles. The summed E-state index contributed by atoms with van der Waals surface area (Å²) in [7, 11) is 1.53. The molecule has 1 atom stereocenters. The first kappa shape index (κ1) is 11.7. The van der Waals surface area contributed by atoms with Crippen molar-refractivity contribution < 1.29 is 9.53 Å². The van der Waals surface area contributed by atoms with Crippen LogP contribution in [0.1, 0.15) is 28.7 Å². The number of methoxy groups -OCH3 is 1. The largest absolute Gasteiger partial charge is 0.496 e. The lowest BCUT2D eigenvalue weighted by Crippen LogP contribution is -2.28. The lowest BCUT2D eigenvalue weighted by atomic mass is 10.0. The molecule has 1 unspecified atom stereocenters. The van der Waals surface area contributed by atoms with Gasteiger partial charge in [-0.2, -0.15) is 0 Å². The fourth-order valence-corrected chi connectivity index (χ4v) is 1.48. The van der Waals surface area contributed by atoms with Crippen molar-refractivity contribution in [3.63, 3.8) is 0 Å². The first-order valence-corrected chi connectivity index (χ1v) is 4.79. The van der Waals surface area contributed by atoms with Crippen LogP contribution in [0.15, 0.2) is 6.07 Å². The molecule has 1 rings (SSSR count). The summed E-state index contributed by atoms with van der Waals surface area (Å²) < 4.78 is 5.16. The molecule has 0 fully saturated rings. The third kappa shape index (κ3) is 2.33. The molecule has 82 valence electrons. The van der Waals surface area contributed by atoms with Gasteiger partial charge in [-0.25, -0.2) is 0 Å². The van der Waals surface area contributed by atoms with Gasteiger partial charge in [-0.15, -0.1) is 0 Å². The second-order valence-corrected chi connectivity index (χ2v) is 3.58. The molecule has 4 heteroatoms. The van der Waals surface area contributed by atoms with E-state index in [0.29, 0.717) is 17.0 Å². The summed E-state index contributed by atoms with van der Waals surface area (Å²) in [5, 5.41) is 0. The number of nitrogens with two attached hydrogens (primary N) is 1. The fraction of sp³-hybridized carbons (Fsp3) is 0.455. The Hall–Kier alpha value is -1.42. The zero-order valence-corrected chi connectivity index (χ0v) is 9.50. The van der Waals surface area contributed by atoms with Gasteiger partial charge in [-0.1, -0.05) is 0 Å². The highest BCUT2D eigenvalue weighted by Gasteiger charge is 2.19. The maximum atomic E-state index is 11.8. The van der Waals surface area contributed by atoms with Gasteiger partial charge in [-0.05, 0) is 20.8 Å². The van der Waals surface area contributed by atoms with Crippen LogP contribution in [0.2, 0.25) is 0 Å². The number of pyridine rings is 1. The van der Waals surface area contributed by atoms with Gasteiger partial charge in [0.15, 0.2) is 5.78 Å². The SMILES string of the molecule is COc1cc(C)nc(C)c1C(=O)C(C)N. The Bertz CT molecular complexity index is 386. The number of ether oxygens (including phenoxy) is 1. The minimum absolute atomic E-state index is 0.142. The molecule has 15 heavy (non-hydrogen) atoms. The number of carbonyl (C=O) groups excluding carboxylic acids is 1. The van der Waals surface area contributed by atoms with Crippen molar-refractivity contribution in [1.82, 2.24) is 4.98 Å². The quantitative estimate of drug-likeness (QED) is 0.759. The van der Waals surface area contributed by atoms with Crippen LogP contribution in [0, 0.1) is 13.8 Å². The Morgan fingerprint density at radius 2 is 2.13 bits per heavy atom. The van der Waals surface area contributed by atoms with Crippen molar-refractivity contribution in [1.29, 1.82) is 0 Å². The zero-order chi connectivity index (χ0) is 11.6. The summed E-state index contributed by atoms with van der Waals surface area (Å²) in [6, 6.07) is 1.20. The number of carbonyl (C=O) groups is 1. The van der Waals surface area contributed by atoms with Crippen LogP contribution >= 0.6 is 0 Å². The Morgan fingerprint density at radius 1 is 1.53 bits per heavy atom. The standard InChI is InChI=1S/C11H16N2O2/c1-6-5-9(15-4)10(8(3)13-6)11(14)7(2)12/h5,7H,12H2,1-4H3. The van der Waals surface area contributed by atoms with E-state index < -0.39 is 6.04 Å². The fourth-order valence-electron chi connectivity index (χ4n) is 1.48. The normalized spacial score (nSPS) is 12.3. The summed E-state index contributed by atoms with van der Waals surface area (Å²) in [6.07, 6.45) is 0. The van der Waals surface area contributed by atoms with E-state index in [9.17, 15) is 4.79 Å². The van der Waals surface area contributed by atoms with Crippen LogP contribution in [0.25, 0.3) is 0 Å². The predicted octanol–water partition coefficient (Wildman–Crippen LogP) is 1.24. The van der Waals surface area contributed by atoms with E-state index >= 15 is 0 Å². The summed E-state index contributed by atoms with van der Waals surface area (Å²) in [4.78, 5) is 16.0. The van der Waals surface area contributed by atoms with E-state index in [1.165, 1.54) is 7.11 Å². The molecule has 0 aliphatic rings. The van der Waals surface area contributed by atoms with Crippen molar-refractivity contribution in [2.75, 3.05) is 7.11 Å². The van der Waals surface area contributed by atoms with Gasteiger partial charge in [0.2, 0.25) is 0 Å². The van der Waals surface area contributed by atoms with Crippen LogP contribution in [0.4, 0.5) is 0 Å². The predicted molar refractivity (Wildman–Crippen MR) is 58.2 cm³/mol. The molecule has 1 aromatic heterocycles.